The molecule has 1 saturated heterocycles. The SMILES string of the molecule is COc1ccc(C[C@@H](COCc2ccccc2)C(=O)N2C(=O)OC[C@H]2Cc2ccccc2)c(F)c1. The van der Waals surface area contributed by atoms with Crippen LogP contribution in [-0.4, -0.2) is 43.3 Å². The molecule has 0 N–H and O–H groups in total. The smallest absolute Gasteiger partial charge is 0.416 e. The number of nitrogens with zero attached hydrogens (tertiary/aromatic N) is 1. The van der Waals surface area contributed by atoms with Crippen LogP contribution in [-0.2, 0) is 33.7 Å². The predicted octanol–water partition coefficient (Wildman–Crippen LogP) is 4.80. The first kappa shape index (κ1) is 24.4. The predicted molar refractivity (Wildman–Crippen MR) is 128 cm³/mol. The van der Waals surface area contributed by atoms with E-state index in [0.717, 1.165) is 11.1 Å². The molecule has 182 valence electrons. The second-order valence-electron chi connectivity index (χ2n) is 8.49. The Hall–Kier alpha value is -3.71. The first-order chi connectivity index (χ1) is 17.0. The Kier molecular flexibility index (Phi) is 8.11. The Bertz CT molecular complexity index is 1140. The number of benzene rings is 3. The fourth-order valence-electron chi connectivity index (χ4n) is 4.16. The molecule has 0 unspecified atom stereocenters. The number of carbonyl (C=O) groups excluding carboxylic acids is 2. The molecule has 0 saturated carbocycles. The average molecular weight is 478 g/mol. The van der Waals surface area contributed by atoms with Crippen molar-refractivity contribution in [3.05, 3.63) is 101 Å². The summed E-state index contributed by atoms with van der Waals surface area (Å²) in [7, 11) is 1.46. The highest BCUT2D eigenvalue weighted by atomic mass is 19.1. The van der Waals surface area contributed by atoms with Crippen molar-refractivity contribution in [2.75, 3.05) is 20.3 Å². The molecule has 3 aromatic rings. The van der Waals surface area contributed by atoms with E-state index in [2.05, 4.69) is 0 Å². The van der Waals surface area contributed by atoms with Crippen LogP contribution in [0.5, 0.6) is 5.75 Å². The van der Waals surface area contributed by atoms with Gasteiger partial charge in [-0.2, -0.15) is 0 Å². The molecule has 2 atom stereocenters. The van der Waals surface area contributed by atoms with E-state index in [4.69, 9.17) is 14.2 Å². The maximum Gasteiger partial charge on any atom is 0.416 e. The van der Waals surface area contributed by atoms with Crippen LogP contribution in [0.1, 0.15) is 16.7 Å². The van der Waals surface area contributed by atoms with Gasteiger partial charge in [0, 0.05) is 6.07 Å². The van der Waals surface area contributed by atoms with Gasteiger partial charge >= 0.3 is 6.09 Å². The van der Waals surface area contributed by atoms with Gasteiger partial charge in [0.25, 0.3) is 0 Å². The topological polar surface area (TPSA) is 65.1 Å². The van der Waals surface area contributed by atoms with Crippen molar-refractivity contribution in [1.82, 2.24) is 4.90 Å². The molecule has 7 heteroatoms. The second kappa shape index (κ2) is 11.6. The highest BCUT2D eigenvalue weighted by molar-refractivity contribution is 5.95. The Labute approximate surface area is 204 Å². The molecular formula is C28H28FNO5. The first-order valence-electron chi connectivity index (χ1n) is 11.5. The van der Waals surface area contributed by atoms with E-state index in [1.54, 1.807) is 12.1 Å². The Morgan fingerprint density at radius 1 is 1.06 bits per heavy atom. The maximum atomic E-state index is 14.7. The number of hydrogen-bond acceptors (Lipinski definition) is 5. The van der Waals surface area contributed by atoms with Crippen molar-refractivity contribution in [3.8, 4) is 5.75 Å². The van der Waals surface area contributed by atoms with Crippen LogP contribution in [0.2, 0.25) is 0 Å². The fraction of sp³-hybridized carbons (Fsp3) is 0.286. The molecular weight excluding hydrogens is 449 g/mol. The number of cyclic esters (lactones) is 1. The van der Waals surface area contributed by atoms with E-state index >= 15 is 0 Å². The van der Waals surface area contributed by atoms with E-state index in [-0.39, 0.29) is 19.6 Å². The summed E-state index contributed by atoms with van der Waals surface area (Å²) in [6.07, 6.45) is -0.128. The first-order valence-corrected chi connectivity index (χ1v) is 11.5. The molecule has 0 radical (unpaired) electrons. The third-order valence-electron chi connectivity index (χ3n) is 6.02. The summed E-state index contributed by atoms with van der Waals surface area (Å²) in [6, 6.07) is 23.3. The molecule has 3 aromatic carbocycles. The van der Waals surface area contributed by atoms with Crippen molar-refractivity contribution < 1.29 is 28.2 Å². The lowest BCUT2D eigenvalue weighted by Crippen LogP contribution is -2.45. The van der Waals surface area contributed by atoms with Crippen LogP contribution in [0.4, 0.5) is 9.18 Å². The van der Waals surface area contributed by atoms with Gasteiger partial charge in [-0.25, -0.2) is 14.1 Å². The number of halogens is 1. The van der Waals surface area contributed by atoms with E-state index in [9.17, 15) is 14.0 Å². The Morgan fingerprint density at radius 3 is 2.40 bits per heavy atom. The lowest BCUT2D eigenvalue weighted by molar-refractivity contribution is -0.135. The highest BCUT2D eigenvalue weighted by Crippen LogP contribution is 2.24. The van der Waals surface area contributed by atoms with Gasteiger partial charge in [-0.15, -0.1) is 0 Å². The number of imide groups is 1. The lowest BCUT2D eigenvalue weighted by Gasteiger charge is -2.25. The molecule has 0 bridgehead atoms. The molecule has 0 aromatic heterocycles. The molecule has 0 spiro atoms. The minimum atomic E-state index is -0.773. The largest absolute Gasteiger partial charge is 0.497 e. The van der Waals surface area contributed by atoms with Crippen LogP contribution in [0.25, 0.3) is 0 Å². The fourth-order valence-corrected chi connectivity index (χ4v) is 4.16. The van der Waals surface area contributed by atoms with Crippen LogP contribution in [0.15, 0.2) is 78.9 Å². The third kappa shape index (κ3) is 6.25. The summed E-state index contributed by atoms with van der Waals surface area (Å²) < 4.78 is 30.9. The molecule has 6 nitrogen and oxygen atoms in total. The molecule has 1 fully saturated rings. The van der Waals surface area contributed by atoms with Gasteiger partial charge in [0.15, 0.2) is 0 Å². The Morgan fingerprint density at radius 2 is 1.74 bits per heavy atom. The van der Waals surface area contributed by atoms with Crippen LogP contribution in [0, 0.1) is 11.7 Å². The van der Waals surface area contributed by atoms with E-state index in [0.29, 0.717) is 24.3 Å². The second-order valence-corrected chi connectivity index (χ2v) is 8.49. The summed E-state index contributed by atoms with van der Waals surface area (Å²) in [5, 5.41) is 0. The minimum Gasteiger partial charge on any atom is -0.497 e. The van der Waals surface area contributed by atoms with Crippen molar-refractivity contribution in [2.24, 2.45) is 5.92 Å². The number of methoxy groups -OCH3 is 1. The maximum absolute atomic E-state index is 14.7. The molecule has 0 aliphatic carbocycles. The number of ether oxygens (including phenoxy) is 3. The highest BCUT2D eigenvalue weighted by Gasteiger charge is 2.41. The van der Waals surface area contributed by atoms with Gasteiger partial charge in [-0.05, 0) is 35.6 Å². The Balaban J connectivity index is 1.53. The molecule has 35 heavy (non-hydrogen) atoms. The monoisotopic (exact) mass is 477 g/mol. The quantitative estimate of drug-likeness (QED) is 0.420. The zero-order valence-corrected chi connectivity index (χ0v) is 19.6. The van der Waals surface area contributed by atoms with E-state index < -0.39 is 29.8 Å². The number of hydrogen-bond donors (Lipinski definition) is 0. The minimum absolute atomic E-state index is 0.0288. The van der Waals surface area contributed by atoms with Crippen molar-refractivity contribution in [3.63, 3.8) is 0 Å². The summed E-state index contributed by atoms with van der Waals surface area (Å²) in [4.78, 5) is 27.4. The number of carbonyl (C=O) groups is 2. The van der Waals surface area contributed by atoms with Gasteiger partial charge in [0.1, 0.15) is 18.2 Å². The molecule has 4 rings (SSSR count). The van der Waals surface area contributed by atoms with Gasteiger partial charge in [-0.1, -0.05) is 66.7 Å². The molecule has 1 aliphatic rings. The van der Waals surface area contributed by atoms with Gasteiger partial charge in [0.2, 0.25) is 5.91 Å². The van der Waals surface area contributed by atoms with Crippen LogP contribution >= 0.6 is 0 Å². The summed E-state index contributed by atoms with van der Waals surface area (Å²) >= 11 is 0. The molecule has 1 heterocycles. The van der Waals surface area contributed by atoms with Gasteiger partial charge in [-0.3, -0.25) is 4.79 Å². The standard InChI is InChI=1S/C28H28FNO5/c1-33-25-13-12-22(26(29)16-25)15-23(18-34-17-21-10-6-3-7-11-21)27(31)30-24(19-35-28(30)32)14-20-8-4-2-5-9-20/h2-13,16,23-24H,14-15,17-19H2,1H3/t23-,24+/m0/s1. The van der Waals surface area contributed by atoms with Crippen molar-refractivity contribution in [1.29, 1.82) is 0 Å². The zero-order valence-electron chi connectivity index (χ0n) is 19.6. The van der Waals surface area contributed by atoms with Crippen LogP contribution in [0.3, 0.4) is 0 Å². The summed E-state index contributed by atoms with van der Waals surface area (Å²) in [5.74, 6) is -1.29. The summed E-state index contributed by atoms with van der Waals surface area (Å²) in [6.45, 7) is 0.447. The molecule has 2 amide bonds. The van der Waals surface area contributed by atoms with E-state index in [1.165, 1.54) is 18.1 Å². The number of rotatable bonds is 10. The average Bonchev–Trinajstić information content (AvgIpc) is 3.24. The molecule has 1 aliphatic heterocycles. The zero-order chi connectivity index (χ0) is 24.6. The van der Waals surface area contributed by atoms with Gasteiger partial charge < -0.3 is 14.2 Å². The normalized spacial score (nSPS) is 16.1. The van der Waals surface area contributed by atoms with Crippen molar-refractivity contribution in [2.45, 2.75) is 25.5 Å². The van der Waals surface area contributed by atoms with Crippen LogP contribution < -0.4 is 4.74 Å². The summed E-state index contributed by atoms with van der Waals surface area (Å²) in [5.41, 5.74) is 2.29. The number of amides is 2. The van der Waals surface area contributed by atoms with E-state index in [1.807, 2.05) is 60.7 Å². The third-order valence-corrected chi connectivity index (χ3v) is 6.02. The van der Waals surface area contributed by atoms with Crippen molar-refractivity contribution >= 4 is 12.0 Å². The lowest BCUT2D eigenvalue weighted by atomic mass is 9.96. The van der Waals surface area contributed by atoms with Gasteiger partial charge in [0.05, 0.1) is 32.3 Å².